The third kappa shape index (κ3) is 4.75. The van der Waals surface area contributed by atoms with Crippen LogP contribution in [0.25, 0.3) is 6.08 Å². The lowest BCUT2D eigenvalue weighted by molar-refractivity contribution is -0.114. The lowest BCUT2D eigenvalue weighted by Gasteiger charge is -2.06. The lowest BCUT2D eigenvalue weighted by atomic mass is 10.4. The third-order valence-electron chi connectivity index (χ3n) is 2.72. The monoisotopic (exact) mass is 371 g/mol. The molecule has 0 aliphatic rings. The van der Waals surface area contributed by atoms with E-state index in [1.807, 2.05) is 10.1 Å². The van der Waals surface area contributed by atoms with Crippen molar-refractivity contribution >= 4 is 43.2 Å². The van der Waals surface area contributed by atoms with E-state index in [0.717, 1.165) is 23.3 Å². The lowest BCUT2D eigenvalue weighted by Crippen LogP contribution is -2.29. The van der Waals surface area contributed by atoms with Crippen molar-refractivity contribution in [2.24, 2.45) is 0 Å². The van der Waals surface area contributed by atoms with Crippen molar-refractivity contribution in [3.63, 3.8) is 0 Å². The van der Waals surface area contributed by atoms with Gasteiger partial charge in [-0.05, 0) is 35.7 Å². The Kier molecular flexibility index (Phi) is 5.03. The summed E-state index contributed by atoms with van der Waals surface area (Å²) < 4.78 is 49.1. The quantitative estimate of drug-likeness (QED) is 0.807. The maximum Gasteiger partial charge on any atom is 0.264 e. The first-order valence-corrected chi connectivity index (χ1v) is 10.5. The Bertz CT molecular complexity index is 942. The highest BCUT2D eigenvalue weighted by molar-refractivity contribution is 7.91. The van der Waals surface area contributed by atoms with E-state index in [4.69, 9.17) is 0 Å². The molecule has 0 aliphatic heterocycles. The van der Waals surface area contributed by atoms with Crippen LogP contribution in [0.15, 0.2) is 57.6 Å². The van der Waals surface area contributed by atoms with Crippen LogP contribution in [0.1, 0.15) is 4.88 Å². The van der Waals surface area contributed by atoms with Crippen molar-refractivity contribution in [1.82, 2.24) is 4.72 Å². The normalized spacial score (nSPS) is 12.4. The van der Waals surface area contributed by atoms with Gasteiger partial charge >= 0.3 is 0 Å². The summed E-state index contributed by atoms with van der Waals surface area (Å²) in [6.45, 7) is 0. The van der Waals surface area contributed by atoms with Crippen LogP contribution in [-0.4, -0.2) is 29.0 Å². The summed E-state index contributed by atoms with van der Waals surface area (Å²) in [6, 6.07) is 8.39. The SMILES string of the molecule is CS(=O)(=O)c1cccc(S(=O)(=O)NC(=O)C=Cc2cccs2)c1. The maximum absolute atomic E-state index is 12.1. The average Bonchev–Trinajstić information content (AvgIpc) is 2.97. The van der Waals surface area contributed by atoms with Crippen molar-refractivity contribution in [3.05, 3.63) is 52.7 Å². The Labute approximate surface area is 138 Å². The van der Waals surface area contributed by atoms with Gasteiger partial charge < -0.3 is 0 Å². The van der Waals surface area contributed by atoms with E-state index in [-0.39, 0.29) is 9.79 Å². The maximum atomic E-state index is 12.1. The first-order chi connectivity index (χ1) is 10.7. The number of sulfonamides is 1. The molecule has 0 bridgehead atoms. The van der Waals surface area contributed by atoms with Gasteiger partial charge in [-0.3, -0.25) is 4.79 Å². The van der Waals surface area contributed by atoms with Gasteiger partial charge in [-0.1, -0.05) is 12.1 Å². The van der Waals surface area contributed by atoms with Crippen molar-refractivity contribution < 1.29 is 21.6 Å². The highest BCUT2D eigenvalue weighted by Crippen LogP contribution is 2.16. The zero-order valence-electron chi connectivity index (χ0n) is 12.0. The molecule has 0 spiro atoms. The summed E-state index contributed by atoms with van der Waals surface area (Å²) in [5.41, 5.74) is 0. The molecule has 6 nitrogen and oxygen atoms in total. The zero-order chi connectivity index (χ0) is 17.1. The molecule has 1 N–H and O–H groups in total. The number of rotatable bonds is 5. The highest BCUT2D eigenvalue weighted by atomic mass is 32.2. The number of hydrogen-bond acceptors (Lipinski definition) is 6. The van der Waals surface area contributed by atoms with E-state index >= 15 is 0 Å². The van der Waals surface area contributed by atoms with Crippen LogP contribution in [0.4, 0.5) is 0 Å². The molecule has 1 aromatic carbocycles. The summed E-state index contributed by atoms with van der Waals surface area (Å²) in [5.74, 6) is -0.817. The summed E-state index contributed by atoms with van der Waals surface area (Å²) in [6.07, 6.45) is 3.56. The number of carbonyl (C=O) groups excluding carboxylic acids is 1. The largest absolute Gasteiger partial charge is 0.269 e. The molecule has 0 fully saturated rings. The van der Waals surface area contributed by atoms with Gasteiger partial charge in [0.05, 0.1) is 9.79 Å². The van der Waals surface area contributed by atoms with Crippen molar-refractivity contribution in [2.45, 2.75) is 9.79 Å². The summed E-state index contributed by atoms with van der Waals surface area (Å²) >= 11 is 1.40. The minimum Gasteiger partial charge on any atom is -0.269 e. The fourth-order valence-electron chi connectivity index (χ4n) is 1.64. The number of nitrogens with one attached hydrogen (secondary N) is 1. The van der Waals surface area contributed by atoms with Crippen LogP contribution in [0.2, 0.25) is 0 Å². The van der Waals surface area contributed by atoms with Crippen molar-refractivity contribution in [1.29, 1.82) is 0 Å². The van der Waals surface area contributed by atoms with Crippen molar-refractivity contribution in [3.8, 4) is 0 Å². The van der Waals surface area contributed by atoms with E-state index in [1.54, 1.807) is 12.1 Å². The second-order valence-electron chi connectivity index (χ2n) is 4.57. The molecule has 0 atom stereocenters. The molecule has 2 aromatic rings. The van der Waals surface area contributed by atoms with Gasteiger partial charge in [0.25, 0.3) is 15.9 Å². The molecule has 1 amide bonds. The van der Waals surface area contributed by atoms with E-state index in [2.05, 4.69) is 0 Å². The Balaban J connectivity index is 2.20. The molecule has 9 heteroatoms. The third-order valence-corrected chi connectivity index (χ3v) is 6.01. The predicted octanol–water partition coefficient (Wildman–Crippen LogP) is 1.67. The van der Waals surface area contributed by atoms with E-state index < -0.39 is 25.8 Å². The van der Waals surface area contributed by atoms with Gasteiger partial charge in [0.1, 0.15) is 0 Å². The van der Waals surface area contributed by atoms with Gasteiger partial charge in [0, 0.05) is 17.2 Å². The smallest absolute Gasteiger partial charge is 0.264 e. The van der Waals surface area contributed by atoms with E-state index in [0.29, 0.717) is 0 Å². The Morgan fingerprint density at radius 2 is 1.78 bits per heavy atom. The molecule has 122 valence electrons. The Morgan fingerprint density at radius 1 is 1.09 bits per heavy atom. The second-order valence-corrected chi connectivity index (χ2v) is 9.24. The first-order valence-electron chi connectivity index (χ1n) is 6.27. The molecular formula is C14H13NO5S3. The summed E-state index contributed by atoms with van der Waals surface area (Å²) in [4.78, 5) is 12.1. The van der Waals surface area contributed by atoms with Crippen LogP contribution in [0, 0.1) is 0 Å². The Hall–Kier alpha value is -1.97. The minimum absolute atomic E-state index is 0.137. The predicted molar refractivity (Wildman–Crippen MR) is 88.2 cm³/mol. The fourth-order valence-corrected chi connectivity index (χ4v) is 3.99. The number of amides is 1. The Morgan fingerprint density at radius 3 is 2.39 bits per heavy atom. The number of sulfone groups is 1. The molecule has 0 unspecified atom stereocenters. The van der Waals surface area contributed by atoms with Crippen LogP contribution in [0.3, 0.4) is 0 Å². The van der Waals surface area contributed by atoms with Gasteiger partial charge in [-0.15, -0.1) is 11.3 Å². The molecule has 1 aromatic heterocycles. The van der Waals surface area contributed by atoms with Crippen LogP contribution in [0.5, 0.6) is 0 Å². The fraction of sp³-hybridized carbons (Fsp3) is 0.0714. The van der Waals surface area contributed by atoms with Crippen LogP contribution < -0.4 is 4.72 Å². The molecule has 0 saturated carbocycles. The molecule has 0 aliphatic carbocycles. The summed E-state index contributed by atoms with van der Waals surface area (Å²) in [7, 11) is -7.69. The van der Waals surface area contributed by atoms with Crippen LogP contribution in [-0.2, 0) is 24.7 Å². The zero-order valence-corrected chi connectivity index (χ0v) is 14.4. The minimum atomic E-state index is -4.15. The molecule has 23 heavy (non-hydrogen) atoms. The molecule has 1 heterocycles. The number of thiophene rings is 1. The second kappa shape index (κ2) is 6.65. The summed E-state index contributed by atoms with van der Waals surface area (Å²) in [5, 5.41) is 1.82. The number of carbonyl (C=O) groups is 1. The topological polar surface area (TPSA) is 97.4 Å². The van der Waals surface area contributed by atoms with Gasteiger partial charge in [0.2, 0.25) is 0 Å². The number of hydrogen-bond donors (Lipinski definition) is 1. The molecule has 0 saturated heterocycles. The molecular weight excluding hydrogens is 358 g/mol. The van der Waals surface area contributed by atoms with Gasteiger partial charge in [-0.25, -0.2) is 21.6 Å². The number of benzene rings is 1. The first kappa shape index (κ1) is 17.4. The van der Waals surface area contributed by atoms with Crippen molar-refractivity contribution in [2.75, 3.05) is 6.26 Å². The molecule has 0 radical (unpaired) electrons. The standard InChI is InChI=1S/C14H13NO5S3/c1-22(17,18)12-5-2-6-13(10-12)23(19,20)15-14(16)8-7-11-4-3-9-21-11/h2-10H,1H3,(H,15,16). The van der Waals surface area contributed by atoms with E-state index in [9.17, 15) is 21.6 Å². The highest BCUT2D eigenvalue weighted by Gasteiger charge is 2.18. The van der Waals surface area contributed by atoms with Gasteiger partial charge in [0.15, 0.2) is 9.84 Å². The van der Waals surface area contributed by atoms with E-state index in [1.165, 1.54) is 35.6 Å². The molecule has 2 rings (SSSR count). The van der Waals surface area contributed by atoms with Gasteiger partial charge in [-0.2, -0.15) is 0 Å². The average molecular weight is 371 g/mol. The van der Waals surface area contributed by atoms with Crippen LogP contribution >= 0.6 is 11.3 Å².